The summed E-state index contributed by atoms with van der Waals surface area (Å²) < 4.78 is 13.0. The minimum Gasteiger partial charge on any atom is -0.504 e. The number of phenols is 1. The maximum atomic E-state index is 13.0. The van der Waals surface area contributed by atoms with E-state index in [-0.39, 0.29) is 10.8 Å². The summed E-state index contributed by atoms with van der Waals surface area (Å²) >= 11 is 5.63. The van der Waals surface area contributed by atoms with Crippen molar-refractivity contribution in [3.63, 3.8) is 0 Å². The second kappa shape index (κ2) is 4.98. The van der Waals surface area contributed by atoms with Crippen molar-refractivity contribution in [2.75, 3.05) is 13.6 Å². The van der Waals surface area contributed by atoms with Crippen LogP contribution < -0.4 is 5.32 Å². The van der Waals surface area contributed by atoms with Crippen LogP contribution in [0.3, 0.4) is 0 Å². The van der Waals surface area contributed by atoms with Crippen molar-refractivity contribution >= 4 is 17.7 Å². The Morgan fingerprint density at radius 2 is 2.29 bits per heavy atom. The quantitative estimate of drug-likeness (QED) is 0.812. The lowest BCUT2D eigenvalue weighted by molar-refractivity contribution is 0.431. The summed E-state index contributed by atoms with van der Waals surface area (Å²) in [5.41, 5.74) is 0.380. The van der Waals surface area contributed by atoms with Crippen molar-refractivity contribution in [2.45, 2.75) is 0 Å². The molecule has 0 atom stereocenters. The summed E-state index contributed by atoms with van der Waals surface area (Å²) in [6.07, 6.45) is 3.38. The molecular formula is C10H11ClFNO. The fourth-order valence-electron chi connectivity index (χ4n) is 1.02. The van der Waals surface area contributed by atoms with Gasteiger partial charge in [0.2, 0.25) is 0 Å². The summed E-state index contributed by atoms with van der Waals surface area (Å²) in [7, 11) is 1.79. The summed E-state index contributed by atoms with van der Waals surface area (Å²) in [6.45, 7) is 0.646. The first-order chi connectivity index (χ1) is 6.65. The van der Waals surface area contributed by atoms with Gasteiger partial charge in [0.25, 0.3) is 0 Å². The highest BCUT2D eigenvalue weighted by Gasteiger charge is 2.05. The van der Waals surface area contributed by atoms with Gasteiger partial charge in [0, 0.05) is 17.1 Å². The van der Waals surface area contributed by atoms with Crippen LogP contribution in [0.4, 0.5) is 4.39 Å². The normalized spacial score (nSPS) is 11.1. The molecule has 0 saturated heterocycles. The second-order valence-electron chi connectivity index (χ2n) is 2.79. The molecule has 4 heteroatoms. The Morgan fingerprint density at radius 3 is 2.93 bits per heavy atom. The van der Waals surface area contributed by atoms with Gasteiger partial charge in [0.05, 0.1) is 0 Å². The van der Waals surface area contributed by atoms with Crippen LogP contribution in [0.2, 0.25) is 5.02 Å². The van der Waals surface area contributed by atoms with Crippen molar-refractivity contribution in [3.8, 4) is 5.75 Å². The Hall–Kier alpha value is -1.06. The van der Waals surface area contributed by atoms with Crippen molar-refractivity contribution in [1.82, 2.24) is 5.32 Å². The largest absolute Gasteiger partial charge is 0.504 e. The lowest BCUT2D eigenvalue weighted by Crippen LogP contribution is -2.03. The maximum Gasteiger partial charge on any atom is 0.166 e. The van der Waals surface area contributed by atoms with E-state index in [0.29, 0.717) is 12.1 Å². The molecule has 14 heavy (non-hydrogen) atoms. The van der Waals surface area contributed by atoms with Gasteiger partial charge in [0.1, 0.15) is 0 Å². The average Bonchev–Trinajstić information content (AvgIpc) is 2.13. The molecule has 0 fully saturated rings. The Labute approximate surface area is 87.0 Å². The van der Waals surface area contributed by atoms with Crippen LogP contribution in [0.15, 0.2) is 18.2 Å². The van der Waals surface area contributed by atoms with Gasteiger partial charge in [-0.15, -0.1) is 0 Å². The molecule has 2 N–H and O–H groups in total. The zero-order valence-corrected chi connectivity index (χ0v) is 8.48. The topological polar surface area (TPSA) is 32.3 Å². The van der Waals surface area contributed by atoms with Gasteiger partial charge < -0.3 is 10.4 Å². The van der Waals surface area contributed by atoms with Crippen LogP contribution in [0.1, 0.15) is 5.56 Å². The highest BCUT2D eigenvalue weighted by molar-refractivity contribution is 6.30. The molecule has 0 aliphatic rings. The van der Waals surface area contributed by atoms with Gasteiger partial charge in [0.15, 0.2) is 11.6 Å². The van der Waals surface area contributed by atoms with Crippen LogP contribution >= 0.6 is 11.6 Å². The number of benzene rings is 1. The van der Waals surface area contributed by atoms with Gasteiger partial charge in [-0.25, -0.2) is 4.39 Å². The molecule has 0 bridgehead atoms. The molecule has 0 radical (unpaired) electrons. The number of likely N-dealkylation sites (N-methyl/N-ethyl adjacent to an activating group) is 1. The molecule has 0 unspecified atom stereocenters. The Bertz CT molecular complexity index is 352. The van der Waals surface area contributed by atoms with E-state index in [9.17, 15) is 9.50 Å². The molecule has 1 aromatic carbocycles. The number of nitrogens with one attached hydrogen (secondary N) is 1. The highest BCUT2D eigenvalue weighted by atomic mass is 35.5. The van der Waals surface area contributed by atoms with Crippen molar-refractivity contribution in [2.24, 2.45) is 0 Å². The van der Waals surface area contributed by atoms with E-state index >= 15 is 0 Å². The van der Waals surface area contributed by atoms with Crippen molar-refractivity contribution < 1.29 is 9.50 Å². The minimum absolute atomic E-state index is 0.268. The predicted octanol–water partition coefficient (Wildman–Crippen LogP) is 2.42. The second-order valence-corrected chi connectivity index (χ2v) is 3.22. The third-order valence-corrected chi connectivity index (χ3v) is 1.90. The van der Waals surface area contributed by atoms with Crippen LogP contribution in [0.5, 0.6) is 5.75 Å². The molecule has 1 rings (SSSR count). The molecule has 1 aromatic rings. The Morgan fingerprint density at radius 1 is 1.57 bits per heavy atom. The molecular weight excluding hydrogens is 205 g/mol. The van der Waals surface area contributed by atoms with Gasteiger partial charge in [-0.1, -0.05) is 23.8 Å². The molecule has 0 aliphatic heterocycles. The first kappa shape index (κ1) is 11.0. The van der Waals surface area contributed by atoms with E-state index < -0.39 is 5.82 Å². The van der Waals surface area contributed by atoms with E-state index in [4.69, 9.17) is 11.6 Å². The number of hydrogen-bond acceptors (Lipinski definition) is 2. The molecule has 0 amide bonds. The van der Waals surface area contributed by atoms with Crippen LogP contribution in [0, 0.1) is 5.82 Å². The zero-order valence-electron chi connectivity index (χ0n) is 7.72. The number of halogens is 2. The molecule has 0 spiro atoms. The van der Waals surface area contributed by atoms with Crippen LogP contribution in [0.25, 0.3) is 6.08 Å². The number of phenolic OH excluding ortho intramolecular Hbond substituents is 1. The summed E-state index contributed by atoms with van der Waals surface area (Å²) in [6, 6.07) is 2.58. The van der Waals surface area contributed by atoms with E-state index in [1.165, 1.54) is 6.07 Å². The van der Waals surface area contributed by atoms with Crippen LogP contribution in [-0.2, 0) is 0 Å². The van der Waals surface area contributed by atoms with E-state index in [2.05, 4.69) is 5.32 Å². The average molecular weight is 216 g/mol. The summed E-state index contributed by atoms with van der Waals surface area (Å²) in [4.78, 5) is 0. The van der Waals surface area contributed by atoms with E-state index in [1.807, 2.05) is 0 Å². The highest BCUT2D eigenvalue weighted by Crippen LogP contribution is 2.26. The number of hydrogen-bond donors (Lipinski definition) is 2. The van der Waals surface area contributed by atoms with Crippen molar-refractivity contribution in [3.05, 3.63) is 34.6 Å². The molecule has 0 saturated carbocycles. The standard InChI is InChI=1S/C10H11ClFNO/c1-13-4-2-3-7-5-8(11)6-9(12)10(7)14/h2-3,5-6,13-14H,4H2,1H3. The fourth-order valence-corrected chi connectivity index (χ4v) is 1.23. The smallest absolute Gasteiger partial charge is 0.166 e. The zero-order chi connectivity index (χ0) is 10.6. The first-order valence-corrected chi connectivity index (χ1v) is 4.52. The van der Waals surface area contributed by atoms with Gasteiger partial charge in [-0.2, -0.15) is 0 Å². The van der Waals surface area contributed by atoms with E-state index in [1.54, 1.807) is 19.2 Å². The Balaban J connectivity index is 2.96. The maximum absolute atomic E-state index is 13.0. The lowest BCUT2D eigenvalue weighted by Gasteiger charge is -2.01. The SMILES string of the molecule is CNCC=Cc1cc(Cl)cc(F)c1O. The third-order valence-electron chi connectivity index (χ3n) is 1.68. The molecule has 76 valence electrons. The monoisotopic (exact) mass is 215 g/mol. The van der Waals surface area contributed by atoms with Gasteiger partial charge >= 0.3 is 0 Å². The van der Waals surface area contributed by atoms with Crippen molar-refractivity contribution in [1.29, 1.82) is 0 Å². The van der Waals surface area contributed by atoms with Crippen LogP contribution in [-0.4, -0.2) is 18.7 Å². The van der Waals surface area contributed by atoms with Gasteiger partial charge in [-0.3, -0.25) is 0 Å². The molecule has 2 nitrogen and oxygen atoms in total. The molecule has 0 aromatic heterocycles. The van der Waals surface area contributed by atoms with Gasteiger partial charge in [-0.05, 0) is 19.2 Å². The summed E-state index contributed by atoms with van der Waals surface area (Å²) in [5.74, 6) is -1.08. The molecule has 0 aliphatic carbocycles. The third kappa shape index (κ3) is 2.72. The predicted molar refractivity (Wildman–Crippen MR) is 56.0 cm³/mol. The van der Waals surface area contributed by atoms with E-state index in [0.717, 1.165) is 6.07 Å². The first-order valence-electron chi connectivity index (χ1n) is 4.14. The fraction of sp³-hybridized carbons (Fsp3) is 0.200. The molecule has 0 heterocycles. The summed E-state index contributed by atoms with van der Waals surface area (Å²) in [5, 5.41) is 12.5. The Kier molecular flexibility index (Phi) is 3.92. The minimum atomic E-state index is -0.707. The number of aromatic hydroxyl groups is 1. The lowest BCUT2D eigenvalue weighted by atomic mass is 10.2. The number of rotatable bonds is 3.